The van der Waals surface area contributed by atoms with Crippen molar-refractivity contribution >= 4 is 12.3 Å². The van der Waals surface area contributed by atoms with E-state index in [1.165, 1.54) is 0 Å². The maximum absolute atomic E-state index is 10.8. The number of aliphatic hydroxyl groups is 2. The first-order valence-corrected chi connectivity index (χ1v) is 11.2. The summed E-state index contributed by atoms with van der Waals surface area (Å²) in [5.74, 6) is -0.0926. The van der Waals surface area contributed by atoms with Crippen molar-refractivity contribution < 1.29 is 19.8 Å². The highest BCUT2D eigenvalue weighted by Crippen LogP contribution is 2.20. The lowest BCUT2D eigenvalue weighted by molar-refractivity contribution is -0.123. The molecule has 0 spiro atoms. The molecule has 0 fully saturated rings. The van der Waals surface area contributed by atoms with Gasteiger partial charge in [-0.25, -0.2) is 0 Å². The quantitative estimate of drug-likeness (QED) is 0.459. The molecule has 2 atom stereocenters. The van der Waals surface area contributed by atoms with E-state index < -0.39 is 6.10 Å². The van der Waals surface area contributed by atoms with E-state index in [2.05, 4.69) is 15.6 Å². The molecule has 180 valence electrons. The summed E-state index contributed by atoms with van der Waals surface area (Å²) in [6.45, 7) is 13.3. The SMILES string of the molecule is CC.CC.CC(O)CC(=O)NC(C)C.O=CNC(CO)c1ccc(-c2cccnc2)cc1. The molecule has 0 aliphatic rings. The van der Waals surface area contributed by atoms with Gasteiger partial charge in [-0.1, -0.05) is 58.0 Å². The Labute approximate surface area is 193 Å². The predicted octanol–water partition coefficient (Wildman–Crippen LogP) is 3.86. The molecule has 0 aliphatic carbocycles. The normalized spacial score (nSPS) is 11.2. The Hall–Kier alpha value is -2.77. The van der Waals surface area contributed by atoms with Crippen LogP contribution < -0.4 is 10.6 Å². The number of rotatable bonds is 8. The first kappa shape index (κ1) is 31.4. The minimum Gasteiger partial charge on any atom is -0.394 e. The molecule has 0 bridgehead atoms. The van der Waals surface area contributed by atoms with Gasteiger partial charge in [0.2, 0.25) is 12.3 Å². The number of hydrogen-bond donors (Lipinski definition) is 4. The number of carbonyl (C=O) groups excluding carboxylic acids is 2. The van der Waals surface area contributed by atoms with E-state index in [0.29, 0.717) is 6.41 Å². The predicted molar refractivity (Wildman–Crippen MR) is 131 cm³/mol. The molecule has 7 nitrogen and oxygen atoms in total. The van der Waals surface area contributed by atoms with E-state index in [1.54, 1.807) is 19.3 Å². The molecule has 4 N–H and O–H groups in total. The van der Waals surface area contributed by atoms with Gasteiger partial charge < -0.3 is 20.8 Å². The number of benzene rings is 1. The van der Waals surface area contributed by atoms with Crippen LogP contribution in [-0.4, -0.2) is 46.3 Å². The molecule has 0 radical (unpaired) electrons. The number of carbonyl (C=O) groups is 2. The lowest BCUT2D eigenvalue weighted by Gasteiger charge is -2.13. The monoisotopic (exact) mass is 447 g/mol. The zero-order valence-electron chi connectivity index (χ0n) is 20.5. The Morgan fingerprint density at radius 2 is 1.62 bits per heavy atom. The van der Waals surface area contributed by atoms with Crippen molar-refractivity contribution in [3.05, 3.63) is 54.4 Å². The second-order valence-electron chi connectivity index (χ2n) is 6.66. The minimum atomic E-state index is -0.543. The number of aromatic nitrogens is 1. The van der Waals surface area contributed by atoms with Crippen molar-refractivity contribution in [3.63, 3.8) is 0 Å². The second kappa shape index (κ2) is 20.2. The molecule has 1 aromatic carbocycles. The maximum atomic E-state index is 10.8. The Morgan fingerprint density at radius 3 is 2.03 bits per heavy atom. The van der Waals surface area contributed by atoms with Crippen LogP contribution in [0.15, 0.2) is 48.8 Å². The lowest BCUT2D eigenvalue weighted by Crippen LogP contribution is -2.32. The fourth-order valence-electron chi connectivity index (χ4n) is 2.43. The smallest absolute Gasteiger partial charge is 0.222 e. The molecule has 0 saturated heterocycles. The summed E-state index contributed by atoms with van der Waals surface area (Å²) in [5.41, 5.74) is 2.96. The largest absolute Gasteiger partial charge is 0.394 e. The van der Waals surface area contributed by atoms with Crippen LogP contribution in [0.3, 0.4) is 0 Å². The van der Waals surface area contributed by atoms with Crippen LogP contribution in [0.1, 0.15) is 66.5 Å². The summed E-state index contributed by atoms with van der Waals surface area (Å²) >= 11 is 0. The average molecular weight is 448 g/mol. The summed E-state index contributed by atoms with van der Waals surface area (Å²) in [6.07, 6.45) is 3.77. The van der Waals surface area contributed by atoms with E-state index in [0.717, 1.165) is 16.7 Å². The third-order valence-electron chi connectivity index (χ3n) is 3.69. The summed E-state index contributed by atoms with van der Waals surface area (Å²) < 4.78 is 0. The molecule has 2 amide bonds. The van der Waals surface area contributed by atoms with Gasteiger partial charge in [-0.3, -0.25) is 14.6 Å². The molecule has 2 unspecified atom stereocenters. The second-order valence-corrected chi connectivity index (χ2v) is 6.66. The van der Waals surface area contributed by atoms with Gasteiger partial charge in [-0.2, -0.15) is 0 Å². The number of hydrogen-bond acceptors (Lipinski definition) is 5. The number of aliphatic hydroxyl groups excluding tert-OH is 2. The molecule has 32 heavy (non-hydrogen) atoms. The van der Waals surface area contributed by atoms with Crippen LogP contribution in [0.2, 0.25) is 0 Å². The molecule has 2 aromatic rings. The van der Waals surface area contributed by atoms with Crippen molar-refractivity contribution in [1.29, 1.82) is 0 Å². The van der Waals surface area contributed by atoms with Crippen molar-refractivity contribution in [2.24, 2.45) is 0 Å². The third-order valence-corrected chi connectivity index (χ3v) is 3.69. The van der Waals surface area contributed by atoms with Gasteiger partial charge in [0.1, 0.15) is 0 Å². The molecule has 0 saturated carbocycles. The van der Waals surface area contributed by atoms with Crippen molar-refractivity contribution in [1.82, 2.24) is 15.6 Å². The van der Waals surface area contributed by atoms with Gasteiger partial charge in [-0.05, 0) is 43.5 Å². The Kier molecular flexibility index (Phi) is 19.8. The first-order valence-electron chi connectivity index (χ1n) is 11.2. The van der Waals surface area contributed by atoms with Gasteiger partial charge in [0.15, 0.2) is 0 Å². The van der Waals surface area contributed by atoms with E-state index in [9.17, 15) is 9.59 Å². The number of amides is 2. The molecule has 0 aliphatic heterocycles. The Morgan fingerprint density at radius 1 is 1.03 bits per heavy atom. The number of nitrogens with zero attached hydrogens (tertiary/aromatic N) is 1. The third kappa shape index (κ3) is 14.3. The van der Waals surface area contributed by atoms with Gasteiger partial charge in [0.05, 0.1) is 25.2 Å². The average Bonchev–Trinajstić information content (AvgIpc) is 2.80. The molecular formula is C25H41N3O4. The van der Waals surface area contributed by atoms with Gasteiger partial charge in [0, 0.05) is 18.4 Å². The van der Waals surface area contributed by atoms with Crippen molar-refractivity contribution in [3.8, 4) is 11.1 Å². The molecule has 1 heterocycles. The molecule has 1 aromatic heterocycles. The highest BCUT2D eigenvalue weighted by Gasteiger charge is 2.08. The van der Waals surface area contributed by atoms with Gasteiger partial charge in [-0.15, -0.1) is 0 Å². The number of nitrogens with one attached hydrogen (secondary N) is 2. The zero-order chi connectivity index (χ0) is 24.9. The topological polar surface area (TPSA) is 112 Å². The zero-order valence-corrected chi connectivity index (χ0v) is 20.5. The standard InChI is InChI=1S/C14H14N2O2.C7H15NO2.2C2H6/c17-9-14(16-10-18)12-5-3-11(4-6-12)13-2-1-7-15-8-13;1-5(2)8-7(10)4-6(3)9;2*1-2/h1-8,10,14,17H,9H2,(H,16,18);5-6,9H,4H2,1-3H3,(H,8,10);2*1-2H3. The molecule has 7 heteroatoms. The summed E-state index contributed by atoms with van der Waals surface area (Å²) in [4.78, 5) is 25.3. The summed E-state index contributed by atoms with van der Waals surface area (Å²) in [5, 5.41) is 23.2. The van der Waals surface area contributed by atoms with Crippen LogP contribution in [0.25, 0.3) is 11.1 Å². The van der Waals surface area contributed by atoms with Crippen LogP contribution in [0, 0.1) is 0 Å². The van der Waals surface area contributed by atoms with Gasteiger partial charge >= 0.3 is 0 Å². The van der Waals surface area contributed by atoms with E-state index in [4.69, 9.17) is 10.2 Å². The van der Waals surface area contributed by atoms with E-state index in [-0.39, 0.29) is 31.0 Å². The molecular weight excluding hydrogens is 406 g/mol. The van der Waals surface area contributed by atoms with Crippen molar-refractivity contribution in [2.45, 2.75) is 73.1 Å². The maximum Gasteiger partial charge on any atom is 0.222 e. The van der Waals surface area contributed by atoms with E-state index >= 15 is 0 Å². The van der Waals surface area contributed by atoms with Crippen LogP contribution in [0.5, 0.6) is 0 Å². The van der Waals surface area contributed by atoms with Crippen molar-refractivity contribution in [2.75, 3.05) is 6.61 Å². The fraction of sp³-hybridized carbons (Fsp3) is 0.480. The van der Waals surface area contributed by atoms with Crippen LogP contribution in [0.4, 0.5) is 0 Å². The summed E-state index contributed by atoms with van der Waals surface area (Å²) in [7, 11) is 0. The highest BCUT2D eigenvalue weighted by atomic mass is 16.3. The van der Waals surface area contributed by atoms with Crippen LogP contribution in [-0.2, 0) is 9.59 Å². The Balaban J connectivity index is 0. The Bertz CT molecular complexity index is 693. The highest BCUT2D eigenvalue weighted by molar-refractivity contribution is 5.76. The lowest BCUT2D eigenvalue weighted by atomic mass is 10.0. The summed E-state index contributed by atoms with van der Waals surface area (Å²) in [6, 6.07) is 11.3. The number of pyridine rings is 1. The fourth-order valence-corrected chi connectivity index (χ4v) is 2.43. The van der Waals surface area contributed by atoms with Crippen LogP contribution >= 0.6 is 0 Å². The van der Waals surface area contributed by atoms with E-state index in [1.807, 2.05) is 77.9 Å². The van der Waals surface area contributed by atoms with Gasteiger partial charge in [0.25, 0.3) is 0 Å². The minimum absolute atomic E-state index is 0.0926. The first-order chi connectivity index (χ1) is 15.4. The molecule has 2 rings (SSSR count).